The van der Waals surface area contributed by atoms with Crippen molar-refractivity contribution in [2.75, 3.05) is 6.54 Å². The summed E-state index contributed by atoms with van der Waals surface area (Å²) in [7, 11) is 0. The first-order valence-corrected chi connectivity index (χ1v) is 7.78. The highest BCUT2D eigenvalue weighted by Gasteiger charge is 2.26. The van der Waals surface area contributed by atoms with Crippen molar-refractivity contribution in [3.05, 3.63) is 24.0 Å². The van der Waals surface area contributed by atoms with Gasteiger partial charge in [0.15, 0.2) is 0 Å². The molecule has 1 saturated carbocycles. The molecule has 1 fully saturated rings. The predicted molar refractivity (Wildman–Crippen MR) is 80.1 cm³/mol. The van der Waals surface area contributed by atoms with E-state index in [1.807, 2.05) is 22.9 Å². The zero-order chi connectivity index (χ0) is 15.2. The number of nitrogens with zero attached hydrogens (tertiary/aromatic N) is 1. The Balaban J connectivity index is 1.79. The molecular weight excluding hydrogens is 268 g/mol. The molecule has 2 N–H and O–H groups in total. The van der Waals surface area contributed by atoms with Crippen molar-refractivity contribution >= 4 is 11.9 Å². The number of amides is 1. The third-order valence-corrected chi connectivity index (χ3v) is 4.27. The molecule has 0 atom stereocenters. The van der Waals surface area contributed by atoms with Gasteiger partial charge in [-0.25, -0.2) is 0 Å². The maximum Gasteiger partial charge on any atom is 0.306 e. The Morgan fingerprint density at radius 2 is 2.05 bits per heavy atom. The van der Waals surface area contributed by atoms with Gasteiger partial charge in [-0.15, -0.1) is 0 Å². The average Bonchev–Trinajstić information content (AvgIpc) is 2.94. The first kappa shape index (κ1) is 15.6. The van der Waals surface area contributed by atoms with Crippen LogP contribution < -0.4 is 5.32 Å². The molecule has 0 spiro atoms. The Morgan fingerprint density at radius 1 is 1.33 bits per heavy atom. The van der Waals surface area contributed by atoms with E-state index in [2.05, 4.69) is 12.2 Å². The van der Waals surface area contributed by atoms with Crippen LogP contribution in [0.1, 0.15) is 49.5 Å². The molecule has 1 amide bonds. The quantitative estimate of drug-likeness (QED) is 0.846. The molecule has 5 heteroatoms. The number of aryl methyl sites for hydroxylation is 1. The van der Waals surface area contributed by atoms with Gasteiger partial charge in [0.2, 0.25) is 0 Å². The lowest BCUT2D eigenvalue weighted by Crippen LogP contribution is -2.33. The Morgan fingerprint density at radius 3 is 2.67 bits per heavy atom. The van der Waals surface area contributed by atoms with Crippen LogP contribution in [0.5, 0.6) is 0 Å². The van der Waals surface area contributed by atoms with Crippen LogP contribution in [0.25, 0.3) is 0 Å². The van der Waals surface area contributed by atoms with Gasteiger partial charge in [0.05, 0.1) is 5.92 Å². The molecule has 0 bridgehead atoms. The number of hydrogen-bond donors (Lipinski definition) is 2. The van der Waals surface area contributed by atoms with E-state index in [1.165, 1.54) is 0 Å². The van der Waals surface area contributed by atoms with E-state index in [1.54, 1.807) is 0 Å². The van der Waals surface area contributed by atoms with E-state index in [4.69, 9.17) is 5.11 Å². The van der Waals surface area contributed by atoms with Gasteiger partial charge in [-0.05, 0) is 50.2 Å². The smallest absolute Gasteiger partial charge is 0.306 e. The minimum Gasteiger partial charge on any atom is -0.481 e. The monoisotopic (exact) mass is 292 g/mol. The summed E-state index contributed by atoms with van der Waals surface area (Å²) in [6, 6.07) is 3.73. The van der Waals surface area contributed by atoms with Crippen LogP contribution in [0.15, 0.2) is 18.3 Å². The summed E-state index contributed by atoms with van der Waals surface area (Å²) >= 11 is 0. The fourth-order valence-corrected chi connectivity index (χ4v) is 3.00. The largest absolute Gasteiger partial charge is 0.481 e. The molecule has 21 heavy (non-hydrogen) atoms. The zero-order valence-electron chi connectivity index (χ0n) is 12.5. The van der Waals surface area contributed by atoms with E-state index in [0.717, 1.165) is 38.6 Å². The second-order valence-electron chi connectivity index (χ2n) is 5.85. The molecule has 1 aromatic rings. The molecule has 0 aromatic carbocycles. The molecule has 5 nitrogen and oxygen atoms in total. The van der Waals surface area contributed by atoms with Gasteiger partial charge in [-0.3, -0.25) is 9.59 Å². The first-order valence-electron chi connectivity index (χ1n) is 7.78. The van der Waals surface area contributed by atoms with E-state index >= 15 is 0 Å². The molecule has 1 aliphatic carbocycles. The van der Waals surface area contributed by atoms with Crippen LogP contribution in [0, 0.1) is 11.8 Å². The predicted octanol–water partition coefficient (Wildman–Crippen LogP) is 2.52. The third-order valence-electron chi connectivity index (χ3n) is 4.27. The maximum absolute atomic E-state index is 12.2. The summed E-state index contributed by atoms with van der Waals surface area (Å²) in [4.78, 5) is 23.1. The number of aromatic nitrogens is 1. The number of carbonyl (C=O) groups is 2. The fourth-order valence-electron chi connectivity index (χ4n) is 3.00. The number of hydrogen-bond acceptors (Lipinski definition) is 2. The number of aliphatic carboxylic acids is 1. The Labute approximate surface area is 125 Å². The number of carboxylic acid groups (broad SMARTS) is 1. The summed E-state index contributed by atoms with van der Waals surface area (Å²) < 4.78 is 1.97. The molecule has 1 aromatic heterocycles. The second kappa shape index (κ2) is 7.29. The summed E-state index contributed by atoms with van der Waals surface area (Å²) in [6.45, 7) is 3.57. The summed E-state index contributed by atoms with van der Waals surface area (Å²) in [5.41, 5.74) is 0.705. The van der Waals surface area contributed by atoms with Crippen LogP contribution in [0.4, 0.5) is 0 Å². The highest BCUT2D eigenvalue weighted by molar-refractivity contribution is 5.92. The first-order chi connectivity index (χ1) is 10.1. The van der Waals surface area contributed by atoms with Gasteiger partial charge in [-0.1, -0.05) is 6.92 Å². The SMILES string of the molecule is CCCn1cccc1C(=O)NCC1CCC(C(=O)O)CC1. The lowest BCUT2D eigenvalue weighted by atomic mass is 9.82. The minimum absolute atomic E-state index is 0.0335. The van der Waals surface area contributed by atoms with Gasteiger partial charge < -0.3 is 15.0 Å². The molecule has 2 rings (SSSR count). The van der Waals surface area contributed by atoms with Crippen LogP contribution in [-0.4, -0.2) is 28.1 Å². The number of carbonyl (C=O) groups excluding carboxylic acids is 1. The molecule has 1 heterocycles. The molecule has 0 aliphatic heterocycles. The number of rotatable bonds is 6. The molecule has 1 aliphatic rings. The summed E-state index contributed by atoms with van der Waals surface area (Å²) in [6.07, 6.45) is 6.13. The van der Waals surface area contributed by atoms with Gasteiger partial charge in [0, 0.05) is 19.3 Å². The van der Waals surface area contributed by atoms with Gasteiger partial charge in [-0.2, -0.15) is 0 Å². The molecular formula is C16H24N2O3. The van der Waals surface area contributed by atoms with Crippen molar-refractivity contribution in [3.8, 4) is 0 Å². The van der Waals surface area contributed by atoms with Crippen LogP contribution in [0.2, 0.25) is 0 Å². The second-order valence-corrected chi connectivity index (χ2v) is 5.85. The Hall–Kier alpha value is -1.78. The molecule has 0 saturated heterocycles. The fraction of sp³-hybridized carbons (Fsp3) is 0.625. The van der Waals surface area contributed by atoms with Crippen molar-refractivity contribution in [2.45, 2.75) is 45.6 Å². The average molecular weight is 292 g/mol. The molecule has 0 unspecified atom stereocenters. The standard InChI is InChI=1S/C16H24N2O3/c1-2-9-18-10-3-4-14(18)15(19)17-11-12-5-7-13(8-6-12)16(20)21/h3-4,10,12-13H,2,5-9,11H2,1H3,(H,17,19)(H,20,21). The highest BCUT2D eigenvalue weighted by Crippen LogP contribution is 2.28. The van der Waals surface area contributed by atoms with Crippen LogP contribution >= 0.6 is 0 Å². The van der Waals surface area contributed by atoms with E-state index in [9.17, 15) is 9.59 Å². The van der Waals surface area contributed by atoms with Crippen LogP contribution in [-0.2, 0) is 11.3 Å². The lowest BCUT2D eigenvalue weighted by Gasteiger charge is -2.26. The third kappa shape index (κ3) is 4.09. The lowest BCUT2D eigenvalue weighted by molar-refractivity contribution is -0.143. The van der Waals surface area contributed by atoms with Gasteiger partial charge in [0.25, 0.3) is 5.91 Å². The maximum atomic E-state index is 12.2. The Kier molecular flexibility index (Phi) is 5.42. The van der Waals surface area contributed by atoms with Crippen LogP contribution in [0.3, 0.4) is 0 Å². The van der Waals surface area contributed by atoms with Crippen molar-refractivity contribution in [3.63, 3.8) is 0 Å². The topological polar surface area (TPSA) is 71.3 Å². The van der Waals surface area contributed by atoms with Gasteiger partial charge >= 0.3 is 5.97 Å². The highest BCUT2D eigenvalue weighted by atomic mass is 16.4. The normalized spacial score (nSPS) is 22.0. The van der Waals surface area contributed by atoms with E-state index in [-0.39, 0.29) is 11.8 Å². The van der Waals surface area contributed by atoms with E-state index in [0.29, 0.717) is 18.2 Å². The summed E-state index contributed by atoms with van der Waals surface area (Å²) in [5, 5.41) is 12.0. The summed E-state index contributed by atoms with van der Waals surface area (Å²) in [5.74, 6) is -0.512. The molecule has 0 radical (unpaired) electrons. The molecule has 116 valence electrons. The van der Waals surface area contributed by atoms with E-state index < -0.39 is 5.97 Å². The van der Waals surface area contributed by atoms with Gasteiger partial charge in [0.1, 0.15) is 5.69 Å². The van der Waals surface area contributed by atoms with Crippen molar-refractivity contribution in [1.82, 2.24) is 9.88 Å². The van der Waals surface area contributed by atoms with Crippen molar-refractivity contribution in [1.29, 1.82) is 0 Å². The minimum atomic E-state index is -0.685. The zero-order valence-corrected chi connectivity index (χ0v) is 12.5. The number of carboxylic acids is 1. The van der Waals surface area contributed by atoms with Crippen molar-refractivity contribution in [2.24, 2.45) is 11.8 Å². The number of nitrogens with one attached hydrogen (secondary N) is 1. The Bertz CT molecular complexity index is 487. The van der Waals surface area contributed by atoms with Crippen molar-refractivity contribution < 1.29 is 14.7 Å².